The van der Waals surface area contributed by atoms with Gasteiger partial charge in [-0.15, -0.1) is 0 Å². The predicted molar refractivity (Wildman–Crippen MR) is 296 cm³/mol. The lowest BCUT2D eigenvalue weighted by Gasteiger charge is -2.22. The molecule has 1 aromatic carbocycles. The van der Waals surface area contributed by atoms with E-state index in [1.54, 1.807) is 31.3 Å². The van der Waals surface area contributed by atoms with E-state index in [0.717, 1.165) is 55.7 Å². The number of pyridine rings is 1. The number of hydrazone groups is 1. The molecule has 0 saturated heterocycles. The number of hydrogen-bond donors (Lipinski definition) is 8. The lowest BCUT2D eigenvalue weighted by atomic mass is 10.1. The van der Waals surface area contributed by atoms with Crippen molar-refractivity contribution in [3.63, 3.8) is 0 Å². The highest BCUT2D eigenvalue weighted by molar-refractivity contribution is 6.31. The summed E-state index contributed by atoms with van der Waals surface area (Å²) >= 11 is 0. The number of carboxylic acids is 1. The summed E-state index contributed by atoms with van der Waals surface area (Å²) in [5.74, 6) is 4.17. The molecule has 0 unspecified atom stereocenters. The quantitative estimate of drug-likeness (QED) is 0.00810. The Labute approximate surface area is 447 Å². The van der Waals surface area contributed by atoms with Gasteiger partial charge in [0, 0.05) is 62.0 Å². The van der Waals surface area contributed by atoms with Crippen molar-refractivity contribution < 1.29 is 43.2 Å². The minimum absolute atomic E-state index is 0.0502. The molecule has 1 aliphatic heterocycles. The molecule has 4 heterocycles. The fourth-order valence-corrected chi connectivity index (χ4v) is 7.54. The zero-order chi connectivity index (χ0) is 55.0. The van der Waals surface area contributed by atoms with E-state index in [-0.39, 0.29) is 67.7 Å². The fraction of sp³-hybridized carbons (Fsp3) is 0.453. The first-order valence-electron chi connectivity index (χ1n) is 25.5. The Bertz CT molecular complexity index is 2730. The smallest absolute Gasteiger partial charge is 0.326 e. The number of rotatable bonds is 35. The van der Waals surface area contributed by atoms with Crippen LogP contribution in [0.2, 0.25) is 0 Å². The standard InChI is InChI=1S/C53H72N14O10/c1-3-39(9-8-37(2)54)41-12-16-46(60-32-41)67-21-4-6-38(18-22-67)7-5-23-73-24-19-57-33-44(66-56)36-77-31-30-76-29-28-75-27-26-74-25-20-58-47(68)17-15-45(52(71)72)63-50(69)40-10-13-42(14-11-40)59-34-43-35-61-49-48(62-43)51(70)65-53(55)64-49/h3,6,8-14,16,32-33,35,45,54,59H,4-5,7,15,17-31,34,36,56H2,1-2H3,(H,58,68)(H,63,69)(H,71,72)(H3,55,61,64,65,70)/b9-8-,39-3+,54-37?,57-33?,66-44?/t45-/m0/s1. The van der Waals surface area contributed by atoms with Gasteiger partial charge in [-0.05, 0) is 99.6 Å². The Morgan fingerprint density at radius 3 is 2.34 bits per heavy atom. The molecule has 0 bridgehead atoms. The van der Waals surface area contributed by atoms with Crippen LogP contribution in [0.25, 0.3) is 16.7 Å². The van der Waals surface area contributed by atoms with Crippen LogP contribution in [0.4, 0.5) is 17.5 Å². The van der Waals surface area contributed by atoms with Gasteiger partial charge in [-0.25, -0.2) is 19.7 Å². The molecule has 4 aromatic rings. The van der Waals surface area contributed by atoms with E-state index in [0.29, 0.717) is 82.2 Å². The number of hydrogen-bond acceptors (Lipinski definition) is 20. The molecule has 5 rings (SSSR count). The maximum Gasteiger partial charge on any atom is 0.326 e. The zero-order valence-electron chi connectivity index (χ0n) is 43.8. The summed E-state index contributed by atoms with van der Waals surface area (Å²) in [7, 11) is 0. The van der Waals surface area contributed by atoms with Gasteiger partial charge < -0.3 is 66.6 Å². The van der Waals surface area contributed by atoms with Crippen LogP contribution in [0.3, 0.4) is 0 Å². The molecule has 1 atom stereocenters. The summed E-state index contributed by atoms with van der Waals surface area (Å²) in [6.07, 6.45) is 16.8. The van der Waals surface area contributed by atoms with Gasteiger partial charge in [0.2, 0.25) is 11.9 Å². The number of ether oxygens (including phenoxy) is 5. The number of aromatic nitrogens is 5. The van der Waals surface area contributed by atoms with Gasteiger partial charge >= 0.3 is 5.97 Å². The number of fused-ring (bicyclic) bond motifs is 1. The van der Waals surface area contributed by atoms with E-state index in [2.05, 4.69) is 69.1 Å². The summed E-state index contributed by atoms with van der Waals surface area (Å²) in [6, 6.07) is 9.19. The molecule has 0 radical (unpaired) electrons. The minimum atomic E-state index is -1.29. The first-order chi connectivity index (χ1) is 37.4. The van der Waals surface area contributed by atoms with Gasteiger partial charge in [0.05, 0.1) is 84.4 Å². The molecule has 0 fully saturated rings. The molecule has 10 N–H and O–H groups in total. The lowest BCUT2D eigenvalue weighted by molar-refractivity contribution is -0.139. The Balaban J connectivity index is 0.797. The Hall–Kier alpha value is -7.77. The van der Waals surface area contributed by atoms with Crippen molar-refractivity contribution >= 4 is 69.6 Å². The molecule has 3 aromatic heterocycles. The summed E-state index contributed by atoms with van der Waals surface area (Å²) < 4.78 is 28.0. The van der Waals surface area contributed by atoms with Crippen LogP contribution in [-0.4, -0.2) is 164 Å². The number of carbonyl (C=O) groups excluding carboxylic acids is 2. The molecule has 0 spiro atoms. The van der Waals surface area contributed by atoms with E-state index in [9.17, 15) is 24.3 Å². The number of H-pyrrole nitrogens is 1. The normalized spacial score (nSPS) is 13.7. The maximum absolute atomic E-state index is 12.8. The van der Waals surface area contributed by atoms with Crippen molar-refractivity contribution in [1.82, 2.24) is 35.6 Å². The molecular formula is C53H72N14O10. The summed E-state index contributed by atoms with van der Waals surface area (Å²) in [4.78, 5) is 75.4. The van der Waals surface area contributed by atoms with E-state index < -0.39 is 23.5 Å². The van der Waals surface area contributed by atoms with Crippen LogP contribution in [0.15, 0.2) is 93.6 Å². The first kappa shape index (κ1) is 60.1. The summed E-state index contributed by atoms with van der Waals surface area (Å²) in [5.41, 5.74) is 11.1. The molecule has 77 heavy (non-hydrogen) atoms. The number of amides is 2. The Kier molecular flexibility index (Phi) is 26.5. The first-order valence-corrected chi connectivity index (χ1v) is 25.5. The molecule has 1 aliphatic rings. The van der Waals surface area contributed by atoms with Crippen LogP contribution in [0.5, 0.6) is 0 Å². The predicted octanol–water partition coefficient (Wildman–Crippen LogP) is 3.86. The molecule has 0 aliphatic carbocycles. The monoisotopic (exact) mass is 1060 g/mol. The van der Waals surface area contributed by atoms with Gasteiger partial charge in [0.15, 0.2) is 11.2 Å². The second kappa shape index (κ2) is 34.0. The second-order valence-electron chi connectivity index (χ2n) is 17.5. The third-order valence-electron chi connectivity index (χ3n) is 11.6. The highest BCUT2D eigenvalue weighted by Crippen LogP contribution is 2.23. The van der Waals surface area contributed by atoms with E-state index in [4.69, 9.17) is 45.7 Å². The average Bonchev–Trinajstić information content (AvgIpc) is 3.68. The summed E-state index contributed by atoms with van der Waals surface area (Å²) in [5, 5.41) is 29.3. The number of aliphatic imine (C=N–C) groups is 1. The number of nitrogens with zero attached hydrogens (tertiary/aromatic N) is 7. The number of aliphatic carboxylic acids is 1. The number of allylic oxidation sites excluding steroid dienone is 4. The molecule has 24 nitrogen and oxygen atoms in total. The van der Waals surface area contributed by atoms with Crippen LogP contribution in [-0.2, 0) is 39.8 Å². The Morgan fingerprint density at radius 2 is 1.64 bits per heavy atom. The van der Waals surface area contributed by atoms with Crippen molar-refractivity contribution in [2.24, 2.45) is 15.9 Å². The van der Waals surface area contributed by atoms with E-state index in [1.807, 2.05) is 25.3 Å². The van der Waals surface area contributed by atoms with E-state index >= 15 is 0 Å². The number of nitrogen functional groups attached to an aromatic ring is 1. The van der Waals surface area contributed by atoms with Gasteiger partial charge in [-0.3, -0.25) is 24.4 Å². The lowest BCUT2D eigenvalue weighted by Crippen LogP contribution is -2.41. The minimum Gasteiger partial charge on any atom is -0.480 e. The number of carboxylic acid groups (broad SMARTS) is 1. The van der Waals surface area contributed by atoms with Crippen molar-refractivity contribution in [2.45, 2.75) is 65.0 Å². The molecule has 0 saturated carbocycles. The highest BCUT2D eigenvalue weighted by atomic mass is 16.6. The second-order valence-corrected chi connectivity index (χ2v) is 17.5. The van der Waals surface area contributed by atoms with Crippen molar-refractivity contribution in [1.29, 1.82) is 5.41 Å². The zero-order valence-corrected chi connectivity index (χ0v) is 43.8. The highest BCUT2D eigenvalue weighted by Gasteiger charge is 2.22. The fourth-order valence-electron chi connectivity index (χ4n) is 7.54. The van der Waals surface area contributed by atoms with Crippen LogP contribution in [0.1, 0.15) is 74.0 Å². The van der Waals surface area contributed by atoms with Gasteiger partial charge in [-0.1, -0.05) is 23.8 Å². The van der Waals surface area contributed by atoms with Crippen molar-refractivity contribution in [2.75, 3.05) is 108 Å². The largest absolute Gasteiger partial charge is 0.480 e. The van der Waals surface area contributed by atoms with Crippen LogP contribution < -0.4 is 38.0 Å². The molecular weight excluding hydrogens is 993 g/mol. The number of anilines is 3. The number of carbonyl (C=O) groups is 3. The molecule has 414 valence electrons. The third-order valence-corrected chi connectivity index (χ3v) is 11.6. The van der Waals surface area contributed by atoms with Gasteiger partial charge in [0.1, 0.15) is 17.6 Å². The number of aromatic amines is 1. The summed E-state index contributed by atoms with van der Waals surface area (Å²) in [6.45, 7) is 10.1. The SMILES string of the molecule is C/C=C(\C=C/C(C)=N)c1ccc(N2CCC=C(CCCOCCN=CC(COCCOCCOCCOCCNC(=O)CC[C@H](NC(=O)c3ccc(NCc4cnc5nc(N)[nH]c(=O)c5n4)cc3)C(=O)O)=NN)CC2)nc1. The maximum atomic E-state index is 12.8. The van der Waals surface area contributed by atoms with Gasteiger partial charge in [-0.2, -0.15) is 10.1 Å². The Morgan fingerprint density at radius 1 is 0.909 bits per heavy atom. The number of benzene rings is 1. The molecule has 2 amide bonds. The van der Waals surface area contributed by atoms with Gasteiger partial charge in [0.25, 0.3) is 11.5 Å². The van der Waals surface area contributed by atoms with E-state index in [1.165, 1.54) is 23.9 Å². The average molecular weight is 1070 g/mol. The van der Waals surface area contributed by atoms with Crippen LogP contribution in [0, 0.1) is 5.41 Å². The number of nitrogens with one attached hydrogen (secondary N) is 5. The van der Waals surface area contributed by atoms with Crippen molar-refractivity contribution in [3.8, 4) is 0 Å². The van der Waals surface area contributed by atoms with Crippen molar-refractivity contribution in [3.05, 3.63) is 106 Å². The molecule has 24 heteroatoms. The third kappa shape index (κ3) is 22.5. The van der Waals surface area contributed by atoms with Crippen LogP contribution >= 0.6 is 0 Å². The topological polar surface area (TPSA) is 342 Å². The number of nitrogens with two attached hydrogens (primary N) is 2.